The third kappa shape index (κ3) is 7.08. The number of alkyl halides is 3. The first-order valence-corrected chi connectivity index (χ1v) is 11.3. The predicted octanol–water partition coefficient (Wildman–Crippen LogP) is 4.46. The second-order valence-electron chi connectivity index (χ2n) is 10.6. The first-order valence-electron chi connectivity index (χ1n) is 11.3. The van der Waals surface area contributed by atoms with Crippen molar-refractivity contribution in [3.63, 3.8) is 0 Å². The molecule has 11 heteroatoms. The Morgan fingerprint density at radius 2 is 1.69 bits per heavy atom. The molecular formula is C24H33F4N3O4. The van der Waals surface area contributed by atoms with Crippen LogP contribution < -0.4 is 5.32 Å². The van der Waals surface area contributed by atoms with Crippen LogP contribution in [-0.4, -0.2) is 64.5 Å². The molecule has 0 saturated carbocycles. The molecule has 0 bridgehead atoms. The Kier molecular flexibility index (Phi) is 8.13. The lowest BCUT2D eigenvalue weighted by molar-refractivity contribution is -0.139. The number of piperazine rings is 1. The molecule has 1 saturated heterocycles. The summed E-state index contributed by atoms with van der Waals surface area (Å²) in [5.74, 6) is -2.63. The van der Waals surface area contributed by atoms with Crippen molar-refractivity contribution in [2.75, 3.05) is 19.6 Å². The average molecular weight is 504 g/mol. The van der Waals surface area contributed by atoms with Gasteiger partial charge in [0.05, 0.1) is 16.7 Å². The van der Waals surface area contributed by atoms with Gasteiger partial charge in [-0.15, -0.1) is 0 Å². The number of ether oxygens (including phenoxy) is 1. The summed E-state index contributed by atoms with van der Waals surface area (Å²) in [6, 6.07) is 0.928. The van der Waals surface area contributed by atoms with Crippen LogP contribution in [0.25, 0.3) is 0 Å². The minimum atomic E-state index is -4.73. The van der Waals surface area contributed by atoms with Crippen molar-refractivity contribution < 1.29 is 36.7 Å². The molecule has 1 fully saturated rings. The summed E-state index contributed by atoms with van der Waals surface area (Å²) in [5.41, 5.74) is -3.35. The van der Waals surface area contributed by atoms with Gasteiger partial charge in [0.1, 0.15) is 17.5 Å². The summed E-state index contributed by atoms with van der Waals surface area (Å²) >= 11 is 0. The number of rotatable bonds is 4. The van der Waals surface area contributed by atoms with E-state index in [1.807, 2.05) is 0 Å². The smallest absolute Gasteiger partial charge is 0.416 e. The molecule has 1 aromatic rings. The lowest BCUT2D eigenvalue weighted by atomic mass is 9.95. The maximum atomic E-state index is 14.4. The topological polar surface area (TPSA) is 79.0 Å². The lowest BCUT2D eigenvalue weighted by Gasteiger charge is -2.48. The molecule has 7 nitrogen and oxygen atoms in total. The Bertz CT molecular complexity index is 970. The van der Waals surface area contributed by atoms with E-state index in [9.17, 15) is 31.9 Å². The quantitative estimate of drug-likeness (QED) is 0.616. The predicted molar refractivity (Wildman–Crippen MR) is 121 cm³/mol. The van der Waals surface area contributed by atoms with Crippen LogP contribution in [0.4, 0.5) is 22.4 Å². The molecule has 3 amide bonds. The number of hydrogen-bond acceptors (Lipinski definition) is 4. The van der Waals surface area contributed by atoms with E-state index in [4.69, 9.17) is 4.74 Å². The molecule has 0 radical (unpaired) electrons. The largest absolute Gasteiger partial charge is 0.444 e. The highest BCUT2D eigenvalue weighted by molar-refractivity contribution is 5.95. The van der Waals surface area contributed by atoms with Gasteiger partial charge in [-0.05, 0) is 58.7 Å². The molecule has 0 aliphatic carbocycles. The molecule has 0 spiro atoms. The van der Waals surface area contributed by atoms with Crippen LogP contribution in [0.1, 0.15) is 64.4 Å². The zero-order chi connectivity index (χ0) is 26.9. The normalized spacial score (nSPS) is 17.3. The zero-order valence-corrected chi connectivity index (χ0v) is 21.0. The fraction of sp³-hybridized carbons (Fsp3) is 0.625. The first-order chi connectivity index (χ1) is 15.8. The molecule has 1 aromatic carbocycles. The summed E-state index contributed by atoms with van der Waals surface area (Å²) in [6.45, 7) is 12.3. The van der Waals surface area contributed by atoms with Crippen LogP contribution in [0.2, 0.25) is 0 Å². The highest BCUT2D eigenvalue weighted by Gasteiger charge is 2.42. The van der Waals surface area contributed by atoms with Crippen molar-refractivity contribution in [1.29, 1.82) is 0 Å². The Labute approximate surface area is 202 Å². The number of alkyl carbamates (subject to hydrolysis) is 1. The summed E-state index contributed by atoms with van der Waals surface area (Å²) < 4.78 is 58.2. The number of amides is 3. The molecule has 1 aliphatic rings. The molecule has 1 N–H and O–H groups in total. The van der Waals surface area contributed by atoms with E-state index in [2.05, 4.69) is 5.32 Å². The second-order valence-corrected chi connectivity index (χ2v) is 10.6. The number of hydrogen-bond donors (Lipinski definition) is 1. The number of nitrogens with one attached hydrogen (secondary N) is 1. The van der Waals surface area contributed by atoms with E-state index in [-0.39, 0.29) is 31.5 Å². The van der Waals surface area contributed by atoms with Gasteiger partial charge in [-0.3, -0.25) is 9.59 Å². The van der Waals surface area contributed by atoms with E-state index in [0.29, 0.717) is 12.1 Å². The van der Waals surface area contributed by atoms with Gasteiger partial charge in [0, 0.05) is 19.6 Å². The van der Waals surface area contributed by atoms with Crippen LogP contribution in [-0.2, 0) is 15.7 Å². The number of carbonyl (C=O) groups excluding carboxylic acids is 3. The molecule has 1 heterocycles. The summed E-state index contributed by atoms with van der Waals surface area (Å²) in [6.07, 6.45) is -5.45. The molecular weight excluding hydrogens is 470 g/mol. The fourth-order valence-corrected chi connectivity index (χ4v) is 3.87. The molecule has 0 unspecified atom stereocenters. The van der Waals surface area contributed by atoms with Gasteiger partial charge in [-0.25, -0.2) is 9.18 Å². The first kappa shape index (κ1) is 28.4. The minimum Gasteiger partial charge on any atom is -0.444 e. The summed E-state index contributed by atoms with van der Waals surface area (Å²) in [5, 5.41) is 2.61. The van der Waals surface area contributed by atoms with Gasteiger partial charge in [0.25, 0.3) is 5.91 Å². The SMILES string of the molecule is CC(C)[C@H](NC(=O)OC(C)(C)C)C(=O)N1CCN(C(=O)c2ccc(C(F)(F)F)cc2F)C(C)(C)C1. The van der Waals surface area contributed by atoms with Gasteiger partial charge >= 0.3 is 12.3 Å². The number of carbonyl (C=O) groups is 3. The maximum absolute atomic E-state index is 14.4. The van der Waals surface area contributed by atoms with Gasteiger partial charge in [0.2, 0.25) is 5.91 Å². The average Bonchev–Trinajstić information content (AvgIpc) is 2.68. The Balaban J connectivity index is 2.17. The molecule has 1 aliphatic heterocycles. The standard InChI is InChI=1S/C24H33F4N3O4/c1-14(2)18(29-21(34)35-22(3,4)5)20(33)30-10-11-31(23(6,7)13-30)19(32)16-9-8-15(12-17(16)25)24(26,27)28/h8-9,12,14,18H,10-11,13H2,1-7H3,(H,29,34)/t18-/m0/s1. The van der Waals surface area contributed by atoms with Gasteiger partial charge in [0.15, 0.2) is 0 Å². The van der Waals surface area contributed by atoms with E-state index in [1.165, 1.54) is 9.80 Å². The fourth-order valence-electron chi connectivity index (χ4n) is 3.87. The molecule has 1 atom stereocenters. The third-order valence-electron chi connectivity index (χ3n) is 5.59. The number of halogens is 4. The highest BCUT2D eigenvalue weighted by Crippen LogP contribution is 2.31. The monoisotopic (exact) mass is 503 g/mol. The van der Waals surface area contributed by atoms with Crippen molar-refractivity contribution in [1.82, 2.24) is 15.1 Å². The maximum Gasteiger partial charge on any atom is 0.416 e. The number of nitrogens with zero attached hydrogens (tertiary/aromatic N) is 2. The molecule has 2 rings (SSSR count). The van der Waals surface area contributed by atoms with Crippen LogP contribution >= 0.6 is 0 Å². The van der Waals surface area contributed by atoms with Crippen molar-refractivity contribution in [3.8, 4) is 0 Å². The Morgan fingerprint density at radius 1 is 1.09 bits per heavy atom. The van der Waals surface area contributed by atoms with E-state index in [0.717, 1.165) is 6.07 Å². The van der Waals surface area contributed by atoms with Crippen molar-refractivity contribution in [2.45, 2.75) is 71.8 Å². The summed E-state index contributed by atoms with van der Waals surface area (Å²) in [4.78, 5) is 41.4. The molecule has 35 heavy (non-hydrogen) atoms. The zero-order valence-electron chi connectivity index (χ0n) is 21.0. The Morgan fingerprint density at radius 3 is 2.14 bits per heavy atom. The second kappa shape index (κ2) is 10.0. The lowest BCUT2D eigenvalue weighted by Crippen LogP contribution is -2.64. The van der Waals surface area contributed by atoms with Crippen LogP contribution in [0, 0.1) is 11.7 Å². The van der Waals surface area contributed by atoms with Crippen molar-refractivity contribution in [3.05, 3.63) is 35.1 Å². The third-order valence-corrected chi connectivity index (χ3v) is 5.59. The highest BCUT2D eigenvalue weighted by atomic mass is 19.4. The van der Waals surface area contributed by atoms with Gasteiger partial charge in [-0.2, -0.15) is 13.2 Å². The van der Waals surface area contributed by atoms with Crippen LogP contribution in [0.15, 0.2) is 18.2 Å². The van der Waals surface area contributed by atoms with Crippen molar-refractivity contribution >= 4 is 17.9 Å². The van der Waals surface area contributed by atoms with Crippen molar-refractivity contribution in [2.24, 2.45) is 5.92 Å². The van der Waals surface area contributed by atoms with Crippen LogP contribution in [0.3, 0.4) is 0 Å². The van der Waals surface area contributed by atoms with E-state index < -0.39 is 52.3 Å². The van der Waals surface area contributed by atoms with E-state index in [1.54, 1.807) is 48.5 Å². The van der Waals surface area contributed by atoms with E-state index >= 15 is 0 Å². The van der Waals surface area contributed by atoms with Gasteiger partial charge in [-0.1, -0.05) is 13.8 Å². The summed E-state index contributed by atoms with van der Waals surface area (Å²) in [7, 11) is 0. The van der Waals surface area contributed by atoms with Crippen LogP contribution in [0.5, 0.6) is 0 Å². The molecule has 0 aromatic heterocycles. The molecule has 196 valence electrons. The Hall–Kier alpha value is -2.85. The minimum absolute atomic E-state index is 0.0370. The van der Waals surface area contributed by atoms with Gasteiger partial charge < -0.3 is 19.9 Å². The number of benzene rings is 1.